The third-order valence-corrected chi connectivity index (χ3v) is 3.08. The Kier molecular flexibility index (Phi) is 4.68. The molecule has 20 heavy (non-hydrogen) atoms. The minimum Gasteiger partial charge on any atom is -0.494 e. The zero-order valence-corrected chi connectivity index (χ0v) is 11.3. The third-order valence-electron chi connectivity index (χ3n) is 3.08. The van der Waals surface area contributed by atoms with Gasteiger partial charge < -0.3 is 15.0 Å². The fourth-order valence-corrected chi connectivity index (χ4v) is 2.10. The van der Waals surface area contributed by atoms with Crippen molar-refractivity contribution in [1.82, 2.24) is 4.90 Å². The van der Waals surface area contributed by atoms with Crippen LogP contribution in [0.4, 0.5) is 10.5 Å². The monoisotopic (exact) mass is 275 g/mol. The molecule has 7 nitrogen and oxygen atoms in total. The molecule has 1 aromatic rings. The molecule has 2 rings (SSSR count). The smallest absolute Gasteiger partial charge is 0.321 e. The number of hydrogen-bond acceptors (Lipinski definition) is 3. The molecule has 0 aromatic heterocycles. The first-order valence-corrected chi connectivity index (χ1v) is 6.56. The van der Waals surface area contributed by atoms with Crippen LogP contribution < -0.4 is 10.1 Å². The Morgan fingerprint density at radius 1 is 1.55 bits per heavy atom. The number of nitrogens with zero attached hydrogens (tertiary/aromatic N) is 4. The zero-order valence-electron chi connectivity index (χ0n) is 11.3. The van der Waals surface area contributed by atoms with Gasteiger partial charge in [0.1, 0.15) is 5.75 Å². The average molecular weight is 275 g/mol. The predicted molar refractivity (Wildman–Crippen MR) is 75.8 cm³/mol. The molecule has 2 amide bonds. The van der Waals surface area contributed by atoms with E-state index in [1.54, 1.807) is 17.0 Å². The Morgan fingerprint density at radius 2 is 2.30 bits per heavy atom. The van der Waals surface area contributed by atoms with Crippen LogP contribution >= 0.6 is 0 Å². The van der Waals surface area contributed by atoms with Crippen molar-refractivity contribution in [2.45, 2.75) is 19.4 Å². The van der Waals surface area contributed by atoms with E-state index in [1.165, 1.54) is 0 Å². The first-order valence-electron chi connectivity index (χ1n) is 6.56. The molecule has 7 heteroatoms. The molecule has 0 spiro atoms. The fraction of sp³-hybridized carbons (Fsp3) is 0.462. The zero-order chi connectivity index (χ0) is 14.4. The molecule has 106 valence electrons. The van der Waals surface area contributed by atoms with Crippen LogP contribution in [0.1, 0.15) is 13.3 Å². The van der Waals surface area contributed by atoms with Crippen LogP contribution in [0.5, 0.6) is 5.75 Å². The lowest BCUT2D eigenvalue weighted by Gasteiger charge is -2.16. The van der Waals surface area contributed by atoms with Crippen LogP contribution in [-0.4, -0.2) is 36.7 Å². The SMILES string of the molecule is CCOc1ccc(NC(=O)N2CCC(N=[N+]=[N-])C2)cc1. The van der Waals surface area contributed by atoms with Crippen molar-refractivity contribution in [2.24, 2.45) is 5.11 Å². The number of urea groups is 1. The lowest BCUT2D eigenvalue weighted by Crippen LogP contribution is -2.33. The van der Waals surface area contributed by atoms with E-state index in [2.05, 4.69) is 15.3 Å². The number of hydrogen-bond donors (Lipinski definition) is 1. The van der Waals surface area contributed by atoms with E-state index in [-0.39, 0.29) is 12.1 Å². The topological polar surface area (TPSA) is 90.3 Å². The van der Waals surface area contributed by atoms with E-state index in [9.17, 15) is 4.79 Å². The van der Waals surface area contributed by atoms with E-state index in [1.807, 2.05) is 19.1 Å². The van der Waals surface area contributed by atoms with E-state index in [4.69, 9.17) is 10.3 Å². The Morgan fingerprint density at radius 3 is 2.95 bits per heavy atom. The van der Waals surface area contributed by atoms with Crippen molar-refractivity contribution < 1.29 is 9.53 Å². The van der Waals surface area contributed by atoms with Gasteiger partial charge in [-0.05, 0) is 43.1 Å². The van der Waals surface area contributed by atoms with Crippen molar-refractivity contribution in [3.63, 3.8) is 0 Å². The molecule has 0 bridgehead atoms. The Labute approximate surface area is 117 Å². The van der Waals surface area contributed by atoms with Crippen LogP contribution in [0.15, 0.2) is 29.4 Å². The van der Waals surface area contributed by atoms with Crippen molar-refractivity contribution in [1.29, 1.82) is 0 Å². The van der Waals surface area contributed by atoms with E-state index >= 15 is 0 Å². The number of carbonyl (C=O) groups is 1. The van der Waals surface area contributed by atoms with Crippen LogP contribution in [0.3, 0.4) is 0 Å². The van der Waals surface area contributed by atoms with Gasteiger partial charge >= 0.3 is 6.03 Å². The third kappa shape index (κ3) is 3.55. The van der Waals surface area contributed by atoms with Gasteiger partial charge in [0.05, 0.1) is 12.6 Å². The second-order valence-electron chi connectivity index (χ2n) is 4.48. The summed E-state index contributed by atoms with van der Waals surface area (Å²) in [5.41, 5.74) is 9.10. The molecule has 1 aliphatic rings. The summed E-state index contributed by atoms with van der Waals surface area (Å²) < 4.78 is 5.34. The van der Waals surface area contributed by atoms with E-state index in [0.29, 0.717) is 31.8 Å². The van der Waals surface area contributed by atoms with Gasteiger partial charge in [-0.25, -0.2) is 4.79 Å². The number of nitrogens with one attached hydrogen (secondary N) is 1. The number of amides is 2. The van der Waals surface area contributed by atoms with Crippen LogP contribution in [0.2, 0.25) is 0 Å². The van der Waals surface area contributed by atoms with Crippen molar-refractivity contribution in [3.8, 4) is 5.75 Å². The van der Waals surface area contributed by atoms with Crippen molar-refractivity contribution >= 4 is 11.7 Å². The van der Waals surface area contributed by atoms with Gasteiger partial charge in [0.25, 0.3) is 0 Å². The number of ether oxygens (including phenoxy) is 1. The summed E-state index contributed by atoms with van der Waals surface area (Å²) in [5, 5.41) is 6.45. The second-order valence-corrected chi connectivity index (χ2v) is 4.48. The number of azide groups is 1. The maximum absolute atomic E-state index is 12.0. The largest absolute Gasteiger partial charge is 0.494 e. The van der Waals surface area contributed by atoms with Crippen LogP contribution in [-0.2, 0) is 0 Å². The summed E-state index contributed by atoms with van der Waals surface area (Å²) in [5.74, 6) is 0.773. The maximum Gasteiger partial charge on any atom is 0.321 e. The molecule has 1 unspecified atom stereocenters. The molecule has 0 saturated carbocycles. The normalized spacial score (nSPS) is 17.4. The minimum atomic E-state index is -0.176. The summed E-state index contributed by atoms with van der Waals surface area (Å²) in [4.78, 5) is 16.4. The minimum absolute atomic E-state index is 0.119. The lowest BCUT2D eigenvalue weighted by atomic mass is 10.3. The van der Waals surface area contributed by atoms with Gasteiger partial charge in [-0.1, -0.05) is 5.11 Å². The fourth-order valence-electron chi connectivity index (χ4n) is 2.10. The molecule has 1 aliphatic heterocycles. The van der Waals surface area contributed by atoms with E-state index < -0.39 is 0 Å². The van der Waals surface area contributed by atoms with Gasteiger partial charge in [-0.15, -0.1) is 0 Å². The lowest BCUT2D eigenvalue weighted by molar-refractivity contribution is 0.222. The Bertz CT molecular complexity index is 510. The standard InChI is InChI=1S/C13H17N5O2/c1-2-20-12-5-3-10(4-6-12)15-13(19)18-8-7-11(9-18)16-17-14/h3-6,11H,2,7-9H2,1H3,(H,15,19). The molecule has 1 aromatic carbocycles. The molecule has 1 saturated heterocycles. The summed E-state index contributed by atoms with van der Waals surface area (Å²) in [6, 6.07) is 6.92. The van der Waals surface area contributed by atoms with Gasteiger partial charge in [-0.2, -0.15) is 0 Å². The van der Waals surface area contributed by atoms with Crippen molar-refractivity contribution in [2.75, 3.05) is 25.0 Å². The molecule has 1 heterocycles. The Hall–Kier alpha value is -2.40. The highest BCUT2D eigenvalue weighted by molar-refractivity contribution is 5.89. The number of anilines is 1. The molecule has 0 radical (unpaired) electrons. The maximum atomic E-state index is 12.0. The van der Waals surface area contributed by atoms with Gasteiger partial charge in [0.15, 0.2) is 0 Å². The number of rotatable bonds is 4. The molecule has 1 atom stereocenters. The summed E-state index contributed by atoms with van der Waals surface area (Å²) >= 11 is 0. The molecular formula is C13H17N5O2. The summed E-state index contributed by atoms with van der Waals surface area (Å²) in [7, 11) is 0. The highest BCUT2D eigenvalue weighted by Gasteiger charge is 2.25. The molecule has 1 N–H and O–H groups in total. The van der Waals surface area contributed by atoms with E-state index in [0.717, 1.165) is 5.75 Å². The van der Waals surface area contributed by atoms with Gasteiger partial charge in [-0.3, -0.25) is 0 Å². The highest BCUT2D eigenvalue weighted by Crippen LogP contribution is 2.18. The molecule has 0 aliphatic carbocycles. The second kappa shape index (κ2) is 6.68. The summed E-state index contributed by atoms with van der Waals surface area (Å²) in [6.07, 6.45) is 0.709. The Balaban J connectivity index is 1.89. The molecule has 1 fully saturated rings. The highest BCUT2D eigenvalue weighted by atomic mass is 16.5. The quantitative estimate of drug-likeness (QED) is 0.520. The molecular weight excluding hydrogens is 258 g/mol. The first-order chi connectivity index (χ1) is 9.72. The van der Waals surface area contributed by atoms with Crippen LogP contribution in [0.25, 0.3) is 10.4 Å². The predicted octanol–water partition coefficient (Wildman–Crippen LogP) is 3.00. The summed E-state index contributed by atoms with van der Waals surface area (Å²) in [6.45, 7) is 3.60. The number of benzene rings is 1. The van der Waals surface area contributed by atoms with Gasteiger partial charge in [0.2, 0.25) is 0 Å². The van der Waals surface area contributed by atoms with Gasteiger partial charge in [0, 0.05) is 23.7 Å². The average Bonchev–Trinajstić information content (AvgIpc) is 2.90. The number of likely N-dealkylation sites (tertiary alicyclic amines) is 1. The number of carbonyl (C=O) groups excluding carboxylic acids is 1. The van der Waals surface area contributed by atoms with Crippen molar-refractivity contribution in [3.05, 3.63) is 34.7 Å². The van der Waals surface area contributed by atoms with Crippen LogP contribution in [0, 0.1) is 0 Å². The first kappa shape index (κ1) is 14.0.